The zero-order valence-electron chi connectivity index (χ0n) is 8.17. The highest BCUT2D eigenvalue weighted by molar-refractivity contribution is 5.86. The summed E-state index contributed by atoms with van der Waals surface area (Å²) in [6, 6.07) is 13.0. The number of hydrogen-bond donors (Lipinski definition) is 0. The van der Waals surface area contributed by atoms with Crippen LogP contribution < -0.4 is 0 Å². The van der Waals surface area contributed by atoms with Gasteiger partial charge in [0.15, 0.2) is 0 Å². The smallest absolute Gasteiger partial charge is 0.0152 e. The molecule has 0 saturated heterocycles. The number of rotatable bonds is 1. The summed E-state index contributed by atoms with van der Waals surface area (Å²) in [6.45, 7) is 4.41. The second kappa shape index (κ2) is 3.21. The highest BCUT2D eigenvalue weighted by atomic mass is 14.0. The summed E-state index contributed by atoms with van der Waals surface area (Å²) in [5.74, 6) is 0. The van der Waals surface area contributed by atoms with Crippen molar-refractivity contribution >= 4 is 10.8 Å². The molecule has 0 heteroatoms. The van der Waals surface area contributed by atoms with Crippen molar-refractivity contribution in [3.05, 3.63) is 47.5 Å². The molecule has 2 rings (SSSR count). The van der Waals surface area contributed by atoms with Gasteiger partial charge >= 0.3 is 0 Å². The molecular weight excluding hydrogens is 156 g/mol. The zero-order valence-corrected chi connectivity index (χ0v) is 8.17. The quantitative estimate of drug-likeness (QED) is 0.612. The van der Waals surface area contributed by atoms with Crippen LogP contribution in [0.15, 0.2) is 36.4 Å². The third kappa shape index (κ3) is 1.33. The van der Waals surface area contributed by atoms with Gasteiger partial charge in [-0.05, 0) is 35.2 Å². The van der Waals surface area contributed by atoms with Crippen molar-refractivity contribution in [2.24, 2.45) is 0 Å². The minimum atomic E-state index is 1.12. The number of hydrogen-bond acceptors (Lipinski definition) is 0. The third-order valence-corrected chi connectivity index (χ3v) is 2.69. The fourth-order valence-corrected chi connectivity index (χ4v) is 1.86. The Hall–Kier alpha value is -1.30. The van der Waals surface area contributed by atoms with Gasteiger partial charge in [-0.15, -0.1) is 0 Å². The summed E-state index contributed by atoms with van der Waals surface area (Å²) in [5.41, 5.74) is 2.89. The van der Waals surface area contributed by atoms with Crippen molar-refractivity contribution in [1.29, 1.82) is 0 Å². The van der Waals surface area contributed by atoms with Gasteiger partial charge < -0.3 is 0 Å². The van der Waals surface area contributed by atoms with Crippen LogP contribution in [0.3, 0.4) is 0 Å². The first-order valence-electron chi connectivity index (χ1n) is 4.80. The first-order valence-corrected chi connectivity index (χ1v) is 4.80. The predicted octanol–water partition coefficient (Wildman–Crippen LogP) is 3.71. The Morgan fingerprint density at radius 1 is 1.00 bits per heavy atom. The van der Waals surface area contributed by atoms with Gasteiger partial charge in [0.05, 0.1) is 0 Å². The summed E-state index contributed by atoms with van der Waals surface area (Å²) in [5, 5.41) is 2.74. The molecule has 0 unspecified atom stereocenters. The molecule has 0 atom stereocenters. The van der Waals surface area contributed by atoms with Gasteiger partial charge in [-0.25, -0.2) is 0 Å². The lowest BCUT2D eigenvalue weighted by molar-refractivity contribution is 1.12. The van der Waals surface area contributed by atoms with Crippen molar-refractivity contribution < 1.29 is 0 Å². The van der Waals surface area contributed by atoms with E-state index in [0.29, 0.717) is 0 Å². The molecule has 0 N–H and O–H groups in total. The Morgan fingerprint density at radius 2 is 1.77 bits per heavy atom. The molecule has 0 aliphatic carbocycles. The SMILES string of the molecule is CCc1ccc2ccccc2c1C. The van der Waals surface area contributed by atoms with E-state index in [1.165, 1.54) is 21.9 Å². The van der Waals surface area contributed by atoms with E-state index in [0.717, 1.165) is 6.42 Å². The lowest BCUT2D eigenvalue weighted by atomic mass is 9.99. The maximum Gasteiger partial charge on any atom is -0.0152 e. The van der Waals surface area contributed by atoms with Gasteiger partial charge in [-0.1, -0.05) is 43.3 Å². The fourth-order valence-electron chi connectivity index (χ4n) is 1.86. The molecule has 0 aliphatic rings. The van der Waals surface area contributed by atoms with Crippen LogP contribution in [0.5, 0.6) is 0 Å². The van der Waals surface area contributed by atoms with Crippen LogP contribution >= 0.6 is 0 Å². The van der Waals surface area contributed by atoms with Crippen molar-refractivity contribution in [3.63, 3.8) is 0 Å². The van der Waals surface area contributed by atoms with Gasteiger partial charge in [0, 0.05) is 0 Å². The highest BCUT2D eigenvalue weighted by Gasteiger charge is 1.99. The van der Waals surface area contributed by atoms with E-state index in [1.807, 2.05) is 0 Å². The maximum absolute atomic E-state index is 2.23. The normalized spacial score (nSPS) is 10.6. The van der Waals surface area contributed by atoms with Crippen LogP contribution in [0.25, 0.3) is 10.8 Å². The lowest BCUT2D eigenvalue weighted by Gasteiger charge is -2.06. The van der Waals surface area contributed by atoms with Crippen molar-refractivity contribution in [2.45, 2.75) is 20.3 Å². The molecule has 0 nitrogen and oxygen atoms in total. The third-order valence-electron chi connectivity index (χ3n) is 2.69. The fraction of sp³-hybridized carbons (Fsp3) is 0.231. The second-order valence-electron chi connectivity index (χ2n) is 3.42. The van der Waals surface area contributed by atoms with E-state index in [9.17, 15) is 0 Å². The average Bonchev–Trinajstić information content (AvgIpc) is 2.19. The van der Waals surface area contributed by atoms with E-state index < -0.39 is 0 Å². The Labute approximate surface area is 79.2 Å². The summed E-state index contributed by atoms with van der Waals surface area (Å²) in [7, 11) is 0. The summed E-state index contributed by atoms with van der Waals surface area (Å²) < 4.78 is 0. The molecule has 0 spiro atoms. The minimum absolute atomic E-state index is 1.12. The molecule has 2 aromatic rings. The number of fused-ring (bicyclic) bond motifs is 1. The van der Waals surface area contributed by atoms with Crippen LogP contribution in [0.2, 0.25) is 0 Å². The van der Waals surface area contributed by atoms with E-state index in [-0.39, 0.29) is 0 Å². The molecule has 13 heavy (non-hydrogen) atoms. The first-order chi connectivity index (χ1) is 6.33. The van der Waals surface area contributed by atoms with Crippen LogP contribution in [0.4, 0.5) is 0 Å². The zero-order chi connectivity index (χ0) is 9.26. The van der Waals surface area contributed by atoms with Crippen LogP contribution in [0.1, 0.15) is 18.1 Å². The highest BCUT2D eigenvalue weighted by Crippen LogP contribution is 2.21. The number of benzene rings is 2. The standard InChI is InChI=1S/C13H14/c1-3-11-8-9-12-6-4-5-7-13(12)10(11)2/h4-9H,3H2,1-2H3. The molecular formula is C13H14. The summed E-state index contributed by atoms with van der Waals surface area (Å²) in [6.07, 6.45) is 1.12. The van der Waals surface area contributed by atoms with E-state index in [1.54, 1.807) is 0 Å². The van der Waals surface area contributed by atoms with Gasteiger partial charge in [0.2, 0.25) is 0 Å². The lowest BCUT2D eigenvalue weighted by Crippen LogP contribution is -1.87. The minimum Gasteiger partial charge on any atom is -0.0616 e. The Bertz CT molecular complexity index is 427. The van der Waals surface area contributed by atoms with Gasteiger partial charge in [0.25, 0.3) is 0 Å². The van der Waals surface area contributed by atoms with Gasteiger partial charge in [-0.3, -0.25) is 0 Å². The Kier molecular flexibility index (Phi) is 2.05. The molecule has 0 saturated carbocycles. The van der Waals surface area contributed by atoms with E-state index in [2.05, 4.69) is 50.2 Å². The largest absolute Gasteiger partial charge is 0.0616 e. The summed E-state index contributed by atoms with van der Waals surface area (Å²) in [4.78, 5) is 0. The van der Waals surface area contributed by atoms with E-state index >= 15 is 0 Å². The summed E-state index contributed by atoms with van der Waals surface area (Å²) >= 11 is 0. The molecule has 2 aromatic carbocycles. The van der Waals surface area contributed by atoms with Crippen molar-refractivity contribution in [1.82, 2.24) is 0 Å². The van der Waals surface area contributed by atoms with E-state index in [4.69, 9.17) is 0 Å². The molecule has 0 aromatic heterocycles. The Balaban J connectivity index is 2.79. The first kappa shape index (κ1) is 8.31. The molecule has 0 radical (unpaired) electrons. The molecule has 0 fully saturated rings. The monoisotopic (exact) mass is 170 g/mol. The van der Waals surface area contributed by atoms with Gasteiger partial charge in [0.1, 0.15) is 0 Å². The molecule has 0 heterocycles. The predicted molar refractivity (Wildman–Crippen MR) is 58.1 cm³/mol. The molecule has 0 aliphatic heterocycles. The molecule has 66 valence electrons. The van der Waals surface area contributed by atoms with Crippen molar-refractivity contribution in [2.75, 3.05) is 0 Å². The van der Waals surface area contributed by atoms with Crippen LogP contribution in [-0.4, -0.2) is 0 Å². The van der Waals surface area contributed by atoms with Crippen LogP contribution in [-0.2, 0) is 6.42 Å². The molecule has 0 amide bonds. The van der Waals surface area contributed by atoms with Crippen molar-refractivity contribution in [3.8, 4) is 0 Å². The van der Waals surface area contributed by atoms with Crippen LogP contribution in [0, 0.1) is 6.92 Å². The second-order valence-corrected chi connectivity index (χ2v) is 3.42. The maximum atomic E-state index is 2.23. The number of aryl methyl sites for hydroxylation is 2. The van der Waals surface area contributed by atoms with Gasteiger partial charge in [-0.2, -0.15) is 0 Å². The Morgan fingerprint density at radius 3 is 2.54 bits per heavy atom. The topological polar surface area (TPSA) is 0 Å². The molecule has 0 bridgehead atoms. The average molecular weight is 170 g/mol.